The van der Waals surface area contributed by atoms with Crippen molar-refractivity contribution < 1.29 is 24.2 Å². The lowest BCUT2D eigenvalue weighted by molar-refractivity contribution is -0.119. The van der Waals surface area contributed by atoms with Gasteiger partial charge in [-0.15, -0.1) is 0 Å². The maximum Gasteiger partial charge on any atom is 0.410 e. The maximum absolute atomic E-state index is 13.4. The van der Waals surface area contributed by atoms with E-state index in [1.807, 2.05) is 36.4 Å². The van der Waals surface area contributed by atoms with Crippen LogP contribution in [0.1, 0.15) is 45.0 Å². The molecule has 3 aromatic heterocycles. The van der Waals surface area contributed by atoms with E-state index in [0.717, 1.165) is 0 Å². The Morgan fingerprint density at radius 1 is 1.05 bits per heavy atom. The van der Waals surface area contributed by atoms with Crippen molar-refractivity contribution in [3.63, 3.8) is 0 Å². The minimum atomic E-state index is -0.746. The Balaban J connectivity index is 1.33. The summed E-state index contributed by atoms with van der Waals surface area (Å²) in [6.45, 7) is 6.23. The minimum Gasteiger partial charge on any atom is -0.481 e. The lowest BCUT2D eigenvalue weighted by Crippen LogP contribution is -2.43. The third-order valence-corrected chi connectivity index (χ3v) is 10.3. The van der Waals surface area contributed by atoms with Crippen LogP contribution in [0.15, 0.2) is 59.5 Å². The van der Waals surface area contributed by atoms with E-state index in [9.17, 15) is 14.4 Å². The van der Waals surface area contributed by atoms with Crippen LogP contribution in [0.5, 0.6) is 5.88 Å². The van der Waals surface area contributed by atoms with Crippen LogP contribution in [-0.2, 0) is 29.7 Å². The maximum atomic E-state index is 13.4. The van der Waals surface area contributed by atoms with Gasteiger partial charge in [-0.1, -0.05) is 71.2 Å². The number of ether oxygens (including phenoxy) is 2. The number of halogens is 3. The molecular weight excluding hydrogens is 769 g/mol. The highest BCUT2D eigenvalue weighted by Crippen LogP contribution is 2.43. The van der Waals surface area contributed by atoms with Crippen LogP contribution in [0.25, 0.3) is 39.0 Å². The van der Waals surface area contributed by atoms with Crippen LogP contribution in [0.3, 0.4) is 0 Å². The van der Waals surface area contributed by atoms with Gasteiger partial charge in [-0.2, -0.15) is 5.10 Å². The molecule has 0 bridgehead atoms. The zero-order chi connectivity index (χ0) is 39.6. The highest BCUT2D eigenvalue weighted by molar-refractivity contribution is 6.39. The monoisotopic (exact) mass is 809 g/mol. The number of aliphatic hydroxyl groups excluding tert-OH is 1. The third-order valence-electron chi connectivity index (χ3n) is 9.13. The Labute approximate surface area is 333 Å². The van der Waals surface area contributed by atoms with Gasteiger partial charge < -0.3 is 30.1 Å². The number of amides is 2. The summed E-state index contributed by atoms with van der Waals surface area (Å²) < 4.78 is 14.4. The number of nitrogens with one attached hydrogen (secondary N) is 2. The van der Waals surface area contributed by atoms with Gasteiger partial charge in [0.2, 0.25) is 11.8 Å². The molecule has 6 rings (SSSR count). The molecule has 13 nitrogen and oxygen atoms in total. The van der Waals surface area contributed by atoms with Crippen molar-refractivity contribution in [2.24, 2.45) is 7.05 Å². The zero-order valence-corrected chi connectivity index (χ0v) is 33.3. The van der Waals surface area contributed by atoms with Gasteiger partial charge in [0.1, 0.15) is 16.9 Å². The summed E-state index contributed by atoms with van der Waals surface area (Å²) in [6, 6.07) is 14.3. The van der Waals surface area contributed by atoms with Crippen molar-refractivity contribution >= 4 is 52.3 Å². The zero-order valence-electron chi connectivity index (χ0n) is 31.1. The van der Waals surface area contributed by atoms with Gasteiger partial charge in [-0.3, -0.25) is 14.2 Å². The molecule has 290 valence electrons. The van der Waals surface area contributed by atoms with Gasteiger partial charge >= 0.3 is 6.09 Å². The second-order valence-electron chi connectivity index (χ2n) is 14.2. The predicted molar refractivity (Wildman–Crippen MR) is 213 cm³/mol. The van der Waals surface area contributed by atoms with Gasteiger partial charge in [0, 0.05) is 66.6 Å². The van der Waals surface area contributed by atoms with Crippen molar-refractivity contribution in [3.05, 3.63) is 91.5 Å². The number of nitrogens with zero attached hydrogens (tertiary/aromatic N) is 5. The molecule has 0 unspecified atom stereocenters. The van der Waals surface area contributed by atoms with Gasteiger partial charge in [0.15, 0.2) is 0 Å². The molecule has 0 saturated carbocycles. The standard InChI is InChI=1S/C39H42Cl3N7O6/c1-39(2,3)55-38(53)48(20-23-12-13-33(51)44-23)21-28-29(40)17-30(45-36(28)54-5)27-11-7-10-26(35(27)42)25-9-6-8-24(34(25)41)22-16-31-37(52)47(4)32(18-43-14-15-50)46-49(31)19-22/h6-11,16-17,19,23,43,50H,12-15,18,20-21H2,1-5H3,(H,44,51)/t23-/m0/s1. The molecule has 1 aliphatic heterocycles. The number of aromatic nitrogens is 4. The Morgan fingerprint density at radius 3 is 2.36 bits per heavy atom. The molecule has 0 aliphatic carbocycles. The van der Waals surface area contributed by atoms with Crippen molar-refractivity contribution in [2.45, 2.75) is 58.3 Å². The summed E-state index contributed by atoms with van der Waals surface area (Å²) in [5, 5.41) is 20.8. The van der Waals surface area contributed by atoms with E-state index in [-0.39, 0.29) is 43.1 Å². The van der Waals surface area contributed by atoms with Crippen molar-refractivity contribution in [2.75, 3.05) is 26.8 Å². The number of carbonyl (C=O) groups excluding carboxylic acids is 2. The van der Waals surface area contributed by atoms with Crippen LogP contribution in [-0.4, -0.2) is 79.6 Å². The number of fused-ring (bicyclic) bond motifs is 1. The Morgan fingerprint density at radius 2 is 1.73 bits per heavy atom. The minimum absolute atomic E-state index is 0.0191. The highest BCUT2D eigenvalue weighted by atomic mass is 35.5. The fourth-order valence-corrected chi connectivity index (χ4v) is 7.33. The number of methoxy groups -OCH3 is 1. The average Bonchev–Trinajstić information content (AvgIpc) is 3.76. The molecule has 0 radical (unpaired) electrons. The van der Waals surface area contributed by atoms with Crippen molar-refractivity contribution in [1.29, 1.82) is 0 Å². The molecule has 5 aromatic rings. The molecule has 4 heterocycles. The Kier molecular flexibility index (Phi) is 12.1. The quantitative estimate of drug-likeness (QED) is 0.120. The van der Waals surface area contributed by atoms with Crippen LogP contribution in [0.2, 0.25) is 15.1 Å². The number of aliphatic hydroxyl groups is 1. The van der Waals surface area contributed by atoms with E-state index >= 15 is 0 Å². The molecule has 1 aliphatic rings. The van der Waals surface area contributed by atoms with Crippen LogP contribution < -0.4 is 20.9 Å². The molecule has 2 amide bonds. The first kappa shape index (κ1) is 40.0. The van der Waals surface area contributed by atoms with E-state index in [1.165, 1.54) is 21.1 Å². The molecular formula is C39H42Cl3N7O6. The molecule has 1 fully saturated rings. The van der Waals surface area contributed by atoms with Gasteiger partial charge in [0.05, 0.1) is 53.1 Å². The highest BCUT2D eigenvalue weighted by Gasteiger charge is 2.30. The summed E-state index contributed by atoms with van der Waals surface area (Å²) in [4.78, 5) is 44.8. The summed E-state index contributed by atoms with van der Waals surface area (Å²) >= 11 is 21.2. The molecule has 1 saturated heterocycles. The number of hydrogen-bond donors (Lipinski definition) is 3. The van der Waals surface area contributed by atoms with Gasteiger partial charge in [-0.05, 0) is 39.3 Å². The van der Waals surface area contributed by atoms with Crippen LogP contribution in [0.4, 0.5) is 4.79 Å². The number of hydrogen-bond acceptors (Lipinski definition) is 9. The van der Waals surface area contributed by atoms with E-state index in [0.29, 0.717) is 91.4 Å². The molecule has 55 heavy (non-hydrogen) atoms. The normalized spacial score (nSPS) is 14.3. The largest absolute Gasteiger partial charge is 0.481 e. The number of pyridine rings is 1. The lowest BCUT2D eigenvalue weighted by Gasteiger charge is -2.29. The molecule has 1 atom stereocenters. The Bertz CT molecular complexity index is 2320. The summed E-state index contributed by atoms with van der Waals surface area (Å²) in [6.07, 6.45) is 2.17. The van der Waals surface area contributed by atoms with E-state index < -0.39 is 11.7 Å². The van der Waals surface area contributed by atoms with Gasteiger partial charge in [-0.25, -0.2) is 14.3 Å². The number of carbonyl (C=O) groups is 2. The summed E-state index contributed by atoms with van der Waals surface area (Å²) in [7, 11) is 3.12. The predicted octanol–water partition coefficient (Wildman–Crippen LogP) is 6.50. The molecule has 0 spiro atoms. The van der Waals surface area contributed by atoms with E-state index in [2.05, 4.69) is 15.7 Å². The van der Waals surface area contributed by atoms with Crippen molar-refractivity contribution in [1.82, 2.24) is 34.7 Å². The summed E-state index contributed by atoms with van der Waals surface area (Å²) in [5.74, 6) is 0.638. The topological polar surface area (TPSA) is 152 Å². The van der Waals surface area contributed by atoms with E-state index in [4.69, 9.17) is 54.4 Å². The SMILES string of the molecule is COc1nc(-c2cccc(-c3cccc(-c4cc5c(=O)n(C)c(CNCCO)nn5c4)c3Cl)c2Cl)cc(Cl)c1CN(C[C@@H]1CCC(=O)N1)C(=O)OC(C)(C)C. The van der Waals surface area contributed by atoms with E-state index in [1.54, 1.807) is 46.1 Å². The fraction of sp³-hybridized carbons (Fsp3) is 0.359. The lowest BCUT2D eigenvalue weighted by atomic mass is 9.97. The first-order valence-electron chi connectivity index (χ1n) is 17.7. The molecule has 16 heteroatoms. The summed E-state index contributed by atoms with van der Waals surface area (Å²) in [5.41, 5.74) is 3.52. The third kappa shape index (κ3) is 8.76. The van der Waals surface area contributed by atoms with Gasteiger partial charge in [0.25, 0.3) is 5.56 Å². The second-order valence-corrected chi connectivity index (χ2v) is 15.4. The smallest absolute Gasteiger partial charge is 0.410 e. The average molecular weight is 811 g/mol. The Hall–Kier alpha value is -4.66. The first-order valence-corrected chi connectivity index (χ1v) is 18.8. The number of benzene rings is 2. The molecule has 2 aromatic carbocycles. The molecule has 3 N–H and O–H groups in total. The second kappa shape index (κ2) is 16.6. The fourth-order valence-electron chi connectivity index (χ4n) is 6.43. The number of rotatable bonds is 12. The van der Waals surface area contributed by atoms with Crippen LogP contribution in [0, 0.1) is 0 Å². The first-order chi connectivity index (χ1) is 26.2. The van der Waals surface area contributed by atoms with Crippen LogP contribution >= 0.6 is 34.8 Å². The van der Waals surface area contributed by atoms with Crippen molar-refractivity contribution in [3.8, 4) is 39.4 Å².